The first-order chi connectivity index (χ1) is 8.62. The van der Waals surface area contributed by atoms with Gasteiger partial charge in [-0.05, 0) is 13.8 Å². The molecule has 0 heterocycles. The maximum absolute atomic E-state index is 11.4. The van der Waals surface area contributed by atoms with Crippen LogP contribution in [0.5, 0.6) is 0 Å². The molecule has 0 bridgehead atoms. The van der Waals surface area contributed by atoms with E-state index < -0.39 is 29.4 Å². The Morgan fingerprint density at radius 2 is 1.11 bits per heavy atom. The third-order valence-electron chi connectivity index (χ3n) is 2.04. The van der Waals surface area contributed by atoms with E-state index in [0.29, 0.717) is 0 Å². The Bertz CT molecular complexity index is 343. The van der Waals surface area contributed by atoms with Crippen molar-refractivity contribution in [1.29, 1.82) is 0 Å². The van der Waals surface area contributed by atoms with Crippen molar-refractivity contribution in [2.75, 3.05) is 0 Å². The number of amides is 2. The summed E-state index contributed by atoms with van der Waals surface area (Å²) in [5.74, 6) is -3.19. The van der Waals surface area contributed by atoms with Crippen LogP contribution in [0.25, 0.3) is 0 Å². The van der Waals surface area contributed by atoms with Gasteiger partial charge in [-0.3, -0.25) is 19.2 Å². The number of hydrogen-bond acceptors (Lipinski definition) is 4. The lowest BCUT2D eigenvalue weighted by molar-refractivity contribution is -0.139. The van der Waals surface area contributed by atoms with Crippen molar-refractivity contribution in [3.63, 3.8) is 0 Å². The molecule has 0 aliphatic carbocycles. The summed E-state index contributed by atoms with van der Waals surface area (Å²) in [7, 11) is 0. The molecule has 0 aliphatic heterocycles. The highest BCUT2D eigenvalue weighted by atomic mass is 16.4. The first-order valence-electron chi connectivity index (χ1n) is 5.68. The summed E-state index contributed by atoms with van der Waals surface area (Å²) in [6.45, 7) is 3.04. The van der Waals surface area contributed by atoms with Crippen LogP contribution in [0.3, 0.4) is 0 Å². The Hall–Kier alpha value is -2.12. The van der Waals surface area contributed by atoms with Gasteiger partial charge in [-0.1, -0.05) is 0 Å². The van der Waals surface area contributed by atoms with E-state index in [1.165, 1.54) is 13.8 Å². The SMILES string of the molecule is CC(C)(NC(=O)CCC(=O)O)NC(=O)CCC(=O)O. The molecule has 0 fully saturated rings. The Labute approximate surface area is 110 Å². The molecule has 2 amide bonds. The minimum Gasteiger partial charge on any atom is -0.481 e. The highest BCUT2D eigenvalue weighted by Gasteiger charge is 2.22. The van der Waals surface area contributed by atoms with Gasteiger partial charge in [-0.25, -0.2) is 0 Å². The topological polar surface area (TPSA) is 133 Å². The molecular formula is C11H18N2O6. The summed E-state index contributed by atoms with van der Waals surface area (Å²) in [6.07, 6.45) is -0.975. The maximum Gasteiger partial charge on any atom is 0.303 e. The second-order valence-corrected chi connectivity index (χ2v) is 4.51. The number of rotatable bonds is 8. The van der Waals surface area contributed by atoms with Crippen molar-refractivity contribution in [2.24, 2.45) is 0 Å². The van der Waals surface area contributed by atoms with Crippen LogP contribution >= 0.6 is 0 Å². The Kier molecular flexibility index (Phi) is 6.53. The van der Waals surface area contributed by atoms with Gasteiger partial charge < -0.3 is 20.8 Å². The zero-order chi connectivity index (χ0) is 15.1. The largest absolute Gasteiger partial charge is 0.481 e. The molecule has 0 aliphatic rings. The van der Waals surface area contributed by atoms with E-state index in [1.54, 1.807) is 0 Å². The molecule has 0 unspecified atom stereocenters. The standard InChI is InChI=1S/C11H18N2O6/c1-11(2,12-7(14)3-5-9(16)17)13-8(15)4-6-10(18)19/h3-6H2,1-2H3,(H,12,14)(H,13,15)(H,16,17)(H,18,19). The van der Waals surface area contributed by atoms with E-state index in [9.17, 15) is 19.2 Å². The summed E-state index contributed by atoms with van der Waals surface area (Å²) in [5, 5.41) is 21.7. The predicted molar refractivity (Wildman–Crippen MR) is 64.1 cm³/mol. The van der Waals surface area contributed by atoms with Gasteiger partial charge in [0.05, 0.1) is 12.8 Å². The van der Waals surface area contributed by atoms with Crippen molar-refractivity contribution in [2.45, 2.75) is 45.2 Å². The summed E-state index contributed by atoms with van der Waals surface area (Å²) >= 11 is 0. The lowest BCUT2D eigenvalue weighted by Gasteiger charge is -2.27. The van der Waals surface area contributed by atoms with Gasteiger partial charge in [-0.2, -0.15) is 0 Å². The molecule has 0 atom stereocenters. The van der Waals surface area contributed by atoms with Crippen molar-refractivity contribution in [1.82, 2.24) is 10.6 Å². The monoisotopic (exact) mass is 274 g/mol. The molecule has 0 spiro atoms. The van der Waals surface area contributed by atoms with Crippen LogP contribution in [0.15, 0.2) is 0 Å². The van der Waals surface area contributed by atoms with E-state index in [2.05, 4.69) is 10.6 Å². The van der Waals surface area contributed by atoms with Crippen molar-refractivity contribution < 1.29 is 29.4 Å². The van der Waals surface area contributed by atoms with E-state index >= 15 is 0 Å². The molecule has 0 aromatic rings. The Morgan fingerprint density at radius 3 is 1.37 bits per heavy atom. The number of carboxylic acid groups (broad SMARTS) is 2. The van der Waals surface area contributed by atoms with E-state index in [1.807, 2.05) is 0 Å². The molecule has 0 aromatic heterocycles. The summed E-state index contributed by atoms with van der Waals surface area (Å²) in [6, 6.07) is 0. The number of carbonyl (C=O) groups excluding carboxylic acids is 2. The van der Waals surface area contributed by atoms with Gasteiger partial charge in [0.15, 0.2) is 0 Å². The first kappa shape index (κ1) is 16.9. The smallest absolute Gasteiger partial charge is 0.303 e. The van der Waals surface area contributed by atoms with E-state index in [-0.39, 0.29) is 25.7 Å². The van der Waals surface area contributed by atoms with Gasteiger partial charge in [0, 0.05) is 12.8 Å². The molecular weight excluding hydrogens is 256 g/mol. The minimum atomic E-state index is -1.08. The molecule has 8 nitrogen and oxygen atoms in total. The Morgan fingerprint density at radius 1 is 0.789 bits per heavy atom. The Balaban J connectivity index is 4.15. The summed E-state index contributed by atoms with van der Waals surface area (Å²) < 4.78 is 0. The fourth-order valence-electron chi connectivity index (χ4n) is 1.29. The van der Waals surface area contributed by atoms with Crippen molar-refractivity contribution in [3.05, 3.63) is 0 Å². The third-order valence-corrected chi connectivity index (χ3v) is 2.04. The normalized spacial score (nSPS) is 10.6. The average molecular weight is 274 g/mol. The molecule has 0 saturated carbocycles. The molecule has 19 heavy (non-hydrogen) atoms. The van der Waals surface area contributed by atoms with Crippen LogP contribution in [0.4, 0.5) is 0 Å². The zero-order valence-electron chi connectivity index (χ0n) is 10.9. The molecule has 0 radical (unpaired) electrons. The van der Waals surface area contributed by atoms with Crippen molar-refractivity contribution in [3.8, 4) is 0 Å². The predicted octanol–water partition coefficient (Wildman–Crippen LogP) is -0.316. The number of nitrogens with one attached hydrogen (secondary N) is 2. The maximum atomic E-state index is 11.4. The highest BCUT2D eigenvalue weighted by molar-refractivity contribution is 5.83. The van der Waals surface area contributed by atoms with E-state index in [4.69, 9.17) is 10.2 Å². The van der Waals surface area contributed by atoms with Gasteiger partial charge in [-0.15, -0.1) is 0 Å². The lowest BCUT2D eigenvalue weighted by Crippen LogP contribution is -2.56. The highest BCUT2D eigenvalue weighted by Crippen LogP contribution is 2.01. The fourth-order valence-corrected chi connectivity index (χ4v) is 1.29. The fraction of sp³-hybridized carbons (Fsp3) is 0.636. The average Bonchev–Trinajstić information content (AvgIpc) is 2.22. The van der Waals surface area contributed by atoms with E-state index in [0.717, 1.165) is 0 Å². The van der Waals surface area contributed by atoms with Crippen LogP contribution in [0, 0.1) is 0 Å². The van der Waals surface area contributed by atoms with Crippen LogP contribution < -0.4 is 10.6 Å². The molecule has 0 saturated heterocycles. The van der Waals surface area contributed by atoms with Crippen LogP contribution in [0.2, 0.25) is 0 Å². The van der Waals surface area contributed by atoms with Gasteiger partial charge in [0.2, 0.25) is 11.8 Å². The van der Waals surface area contributed by atoms with Crippen LogP contribution in [-0.4, -0.2) is 39.6 Å². The second-order valence-electron chi connectivity index (χ2n) is 4.51. The summed E-state index contributed by atoms with van der Waals surface area (Å²) in [5.41, 5.74) is -1.06. The van der Waals surface area contributed by atoms with Crippen molar-refractivity contribution >= 4 is 23.8 Å². The third kappa shape index (κ3) is 9.57. The van der Waals surface area contributed by atoms with Crippen LogP contribution in [-0.2, 0) is 19.2 Å². The van der Waals surface area contributed by atoms with Crippen LogP contribution in [0.1, 0.15) is 39.5 Å². The first-order valence-corrected chi connectivity index (χ1v) is 5.68. The molecule has 108 valence electrons. The number of carbonyl (C=O) groups is 4. The number of hydrogen-bond donors (Lipinski definition) is 4. The number of aliphatic carboxylic acids is 2. The summed E-state index contributed by atoms with van der Waals surface area (Å²) in [4.78, 5) is 43.4. The molecule has 4 N–H and O–H groups in total. The minimum absolute atomic E-state index is 0.191. The lowest BCUT2D eigenvalue weighted by atomic mass is 10.2. The second kappa shape index (κ2) is 7.34. The zero-order valence-corrected chi connectivity index (χ0v) is 10.9. The van der Waals surface area contributed by atoms with Gasteiger partial charge in [0.1, 0.15) is 5.66 Å². The van der Waals surface area contributed by atoms with Gasteiger partial charge in [0.25, 0.3) is 0 Å². The molecule has 8 heteroatoms. The quantitative estimate of drug-likeness (QED) is 0.448. The molecule has 0 rings (SSSR count). The molecule has 0 aromatic carbocycles. The number of carboxylic acids is 2. The van der Waals surface area contributed by atoms with Gasteiger partial charge >= 0.3 is 11.9 Å².